The van der Waals surface area contributed by atoms with Gasteiger partial charge in [0.1, 0.15) is 0 Å². The quantitative estimate of drug-likeness (QED) is 0.359. The molecular weight excluding hydrogens is 164 g/mol. The Hall–Kier alpha value is -0.503. The van der Waals surface area contributed by atoms with Crippen molar-refractivity contribution in [1.82, 2.24) is 0 Å². The van der Waals surface area contributed by atoms with Crippen LogP contribution in [0.3, 0.4) is 0 Å². The van der Waals surface area contributed by atoms with E-state index in [0.717, 1.165) is 6.42 Å². The van der Waals surface area contributed by atoms with E-state index in [9.17, 15) is 0 Å². The van der Waals surface area contributed by atoms with Crippen molar-refractivity contribution in [1.29, 1.82) is 0 Å². The highest BCUT2D eigenvalue weighted by molar-refractivity contribution is 6.69. The van der Waals surface area contributed by atoms with Gasteiger partial charge in [-0.1, -0.05) is 25.5 Å². The van der Waals surface area contributed by atoms with Crippen LogP contribution in [0.15, 0.2) is 24.5 Å². The maximum atomic E-state index is 5.52. The van der Waals surface area contributed by atoms with E-state index in [4.69, 9.17) is 4.43 Å². The van der Waals surface area contributed by atoms with Crippen LogP contribution in [-0.4, -0.2) is 8.32 Å². The van der Waals surface area contributed by atoms with Crippen LogP contribution in [0.2, 0.25) is 19.6 Å². The van der Waals surface area contributed by atoms with E-state index in [-0.39, 0.29) is 0 Å². The normalized spacial score (nSPS) is 13.0. The van der Waals surface area contributed by atoms with Crippen molar-refractivity contribution in [2.24, 2.45) is 0 Å². The summed E-state index contributed by atoms with van der Waals surface area (Å²) in [4.78, 5) is 0. The summed E-state index contributed by atoms with van der Waals surface area (Å²) in [5.74, 6) is 0. The maximum Gasteiger partial charge on any atom is 0.241 e. The molecule has 0 aromatic rings. The number of hydrogen-bond acceptors (Lipinski definition) is 1. The SMILES string of the molecule is CCC/C=C/C=C/O[Si](C)(C)C. The van der Waals surface area contributed by atoms with Crippen molar-refractivity contribution in [3.05, 3.63) is 24.5 Å². The molecule has 0 saturated heterocycles. The van der Waals surface area contributed by atoms with Crippen LogP contribution in [0.25, 0.3) is 0 Å². The zero-order valence-electron chi connectivity index (χ0n) is 8.63. The zero-order valence-corrected chi connectivity index (χ0v) is 9.63. The van der Waals surface area contributed by atoms with Gasteiger partial charge in [-0.25, -0.2) is 0 Å². The van der Waals surface area contributed by atoms with E-state index in [0.29, 0.717) is 0 Å². The predicted octanol–water partition coefficient (Wildman–Crippen LogP) is 3.71. The Kier molecular flexibility index (Phi) is 5.81. The van der Waals surface area contributed by atoms with E-state index in [1.165, 1.54) is 6.42 Å². The fourth-order valence-corrected chi connectivity index (χ4v) is 1.12. The summed E-state index contributed by atoms with van der Waals surface area (Å²) in [6.45, 7) is 8.69. The largest absolute Gasteiger partial charge is 0.550 e. The summed E-state index contributed by atoms with van der Waals surface area (Å²) in [6, 6.07) is 0. The third-order valence-electron chi connectivity index (χ3n) is 1.20. The highest BCUT2D eigenvalue weighted by Crippen LogP contribution is 2.02. The molecule has 0 aliphatic heterocycles. The molecule has 0 atom stereocenters. The molecule has 0 aromatic carbocycles. The Labute approximate surface area is 77.3 Å². The lowest BCUT2D eigenvalue weighted by Gasteiger charge is -2.14. The Bertz CT molecular complexity index is 154. The summed E-state index contributed by atoms with van der Waals surface area (Å²) in [6.07, 6.45) is 10.3. The molecule has 0 bridgehead atoms. The minimum absolute atomic E-state index is 1.15. The van der Waals surface area contributed by atoms with Crippen LogP contribution in [0.5, 0.6) is 0 Å². The van der Waals surface area contributed by atoms with Gasteiger partial charge in [0.25, 0.3) is 0 Å². The smallest absolute Gasteiger partial charge is 0.241 e. The highest BCUT2D eigenvalue weighted by Gasteiger charge is 2.12. The lowest BCUT2D eigenvalue weighted by molar-refractivity contribution is 0.479. The second kappa shape index (κ2) is 6.06. The van der Waals surface area contributed by atoms with Crippen LogP contribution in [0.1, 0.15) is 19.8 Å². The Balaban J connectivity index is 3.50. The summed E-state index contributed by atoms with van der Waals surface area (Å²) >= 11 is 0. The second-order valence-corrected chi connectivity index (χ2v) is 8.24. The molecule has 12 heavy (non-hydrogen) atoms. The molecule has 0 aromatic heterocycles. The summed E-state index contributed by atoms with van der Waals surface area (Å²) < 4.78 is 5.52. The van der Waals surface area contributed by atoms with E-state index in [1.54, 1.807) is 6.26 Å². The first kappa shape index (κ1) is 11.5. The van der Waals surface area contributed by atoms with E-state index in [1.807, 2.05) is 12.2 Å². The molecular formula is C10H20OSi. The van der Waals surface area contributed by atoms with Gasteiger partial charge in [0.2, 0.25) is 8.32 Å². The first-order valence-electron chi connectivity index (χ1n) is 4.56. The van der Waals surface area contributed by atoms with Gasteiger partial charge in [0.15, 0.2) is 0 Å². The molecule has 1 nitrogen and oxygen atoms in total. The fraction of sp³-hybridized carbons (Fsp3) is 0.600. The Morgan fingerprint density at radius 1 is 1.17 bits per heavy atom. The van der Waals surface area contributed by atoms with Gasteiger partial charge in [0, 0.05) is 0 Å². The Morgan fingerprint density at radius 2 is 1.83 bits per heavy atom. The molecule has 0 fully saturated rings. The molecule has 0 amide bonds. The van der Waals surface area contributed by atoms with Crippen LogP contribution in [0, 0.1) is 0 Å². The van der Waals surface area contributed by atoms with Crippen molar-refractivity contribution < 1.29 is 4.43 Å². The molecule has 0 spiro atoms. The number of unbranched alkanes of at least 4 members (excludes halogenated alkanes) is 1. The number of hydrogen-bond donors (Lipinski definition) is 0. The fourth-order valence-electron chi connectivity index (χ4n) is 0.630. The molecule has 2 heteroatoms. The number of rotatable bonds is 5. The minimum atomic E-state index is -1.35. The molecule has 0 unspecified atom stereocenters. The molecule has 70 valence electrons. The standard InChI is InChI=1S/C10H20OSi/c1-5-6-7-8-9-10-11-12(2,3)4/h7-10H,5-6H2,1-4H3/b8-7+,10-9+. The minimum Gasteiger partial charge on any atom is -0.550 e. The van der Waals surface area contributed by atoms with Crippen LogP contribution in [-0.2, 0) is 4.43 Å². The monoisotopic (exact) mass is 184 g/mol. The van der Waals surface area contributed by atoms with E-state index >= 15 is 0 Å². The molecule has 0 heterocycles. The van der Waals surface area contributed by atoms with Gasteiger partial charge in [-0.05, 0) is 32.1 Å². The topological polar surface area (TPSA) is 9.23 Å². The first-order valence-corrected chi connectivity index (χ1v) is 7.96. The third-order valence-corrected chi connectivity index (χ3v) is 2.05. The average Bonchev–Trinajstić information content (AvgIpc) is 1.94. The van der Waals surface area contributed by atoms with Gasteiger partial charge < -0.3 is 4.43 Å². The lowest BCUT2D eigenvalue weighted by Crippen LogP contribution is -2.21. The van der Waals surface area contributed by atoms with Gasteiger partial charge in [-0.15, -0.1) is 0 Å². The van der Waals surface area contributed by atoms with Crippen molar-refractivity contribution in [2.45, 2.75) is 39.4 Å². The van der Waals surface area contributed by atoms with Gasteiger partial charge in [-0.3, -0.25) is 0 Å². The first-order chi connectivity index (χ1) is 5.56. The van der Waals surface area contributed by atoms with Crippen molar-refractivity contribution in [2.75, 3.05) is 0 Å². The van der Waals surface area contributed by atoms with Gasteiger partial charge >= 0.3 is 0 Å². The molecule has 0 aliphatic rings. The number of allylic oxidation sites excluding steroid dienone is 3. The van der Waals surface area contributed by atoms with Gasteiger partial charge in [-0.2, -0.15) is 0 Å². The van der Waals surface area contributed by atoms with E-state index in [2.05, 4.69) is 32.6 Å². The lowest BCUT2D eigenvalue weighted by atomic mass is 10.3. The molecule has 0 saturated carbocycles. The summed E-state index contributed by atoms with van der Waals surface area (Å²) in [5.41, 5.74) is 0. The summed E-state index contributed by atoms with van der Waals surface area (Å²) in [5, 5.41) is 0. The molecule has 0 aliphatic carbocycles. The third kappa shape index (κ3) is 9.50. The predicted molar refractivity (Wildman–Crippen MR) is 57.6 cm³/mol. The van der Waals surface area contributed by atoms with Crippen molar-refractivity contribution in [3.8, 4) is 0 Å². The van der Waals surface area contributed by atoms with E-state index < -0.39 is 8.32 Å². The Morgan fingerprint density at radius 3 is 2.33 bits per heavy atom. The molecule has 0 radical (unpaired) electrons. The van der Waals surface area contributed by atoms with Crippen LogP contribution >= 0.6 is 0 Å². The van der Waals surface area contributed by atoms with Crippen LogP contribution < -0.4 is 0 Å². The van der Waals surface area contributed by atoms with Crippen molar-refractivity contribution >= 4 is 8.32 Å². The van der Waals surface area contributed by atoms with Crippen molar-refractivity contribution in [3.63, 3.8) is 0 Å². The molecule has 0 N–H and O–H groups in total. The van der Waals surface area contributed by atoms with Gasteiger partial charge in [0.05, 0.1) is 6.26 Å². The van der Waals surface area contributed by atoms with Crippen LogP contribution in [0.4, 0.5) is 0 Å². The highest BCUT2D eigenvalue weighted by atomic mass is 28.4. The zero-order chi connectivity index (χ0) is 9.45. The maximum absolute atomic E-state index is 5.52. The second-order valence-electron chi connectivity index (χ2n) is 3.78. The average molecular weight is 184 g/mol. The molecule has 0 rings (SSSR count). The summed E-state index contributed by atoms with van der Waals surface area (Å²) in [7, 11) is -1.35.